The molecule has 204 valence electrons. The van der Waals surface area contributed by atoms with Crippen LogP contribution in [0.25, 0.3) is 10.9 Å². The molecule has 0 aliphatic carbocycles. The van der Waals surface area contributed by atoms with Crippen molar-refractivity contribution >= 4 is 40.0 Å². The van der Waals surface area contributed by atoms with Crippen LogP contribution in [0.2, 0.25) is 10.0 Å². The molecule has 39 heavy (non-hydrogen) atoms. The van der Waals surface area contributed by atoms with Gasteiger partial charge >= 0.3 is 0 Å². The predicted molar refractivity (Wildman–Crippen MR) is 155 cm³/mol. The highest BCUT2D eigenvalue weighted by Crippen LogP contribution is 2.29. The lowest BCUT2D eigenvalue weighted by Gasteiger charge is -2.28. The minimum absolute atomic E-state index is 0.0464. The number of pyridine rings is 1. The molecule has 1 heterocycles. The van der Waals surface area contributed by atoms with E-state index < -0.39 is 6.10 Å². The number of aromatic amines is 1. The Morgan fingerprint density at radius 3 is 2.51 bits per heavy atom. The number of amides is 1. The van der Waals surface area contributed by atoms with Crippen molar-refractivity contribution in [3.8, 4) is 5.75 Å². The molecule has 0 radical (unpaired) electrons. The van der Waals surface area contributed by atoms with Gasteiger partial charge in [-0.3, -0.25) is 9.59 Å². The van der Waals surface area contributed by atoms with Crippen molar-refractivity contribution in [2.45, 2.75) is 44.9 Å². The molecule has 5 N–H and O–H groups in total. The second-order valence-corrected chi connectivity index (χ2v) is 11.1. The Balaban J connectivity index is 1.34. The van der Waals surface area contributed by atoms with Crippen LogP contribution in [0.3, 0.4) is 0 Å². The number of hydrogen-bond donors (Lipinski definition) is 5. The van der Waals surface area contributed by atoms with Crippen LogP contribution in [-0.4, -0.2) is 33.2 Å². The first kappa shape index (κ1) is 28.6. The number of nitrogens with one attached hydrogen (secondary N) is 3. The molecule has 7 nitrogen and oxygen atoms in total. The van der Waals surface area contributed by atoms with Gasteiger partial charge in [0.1, 0.15) is 5.75 Å². The van der Waals surface area contributed by atoms with Crippen molar-refractivity contribution in [2.75, 3.05) is 6.54 Å². The van der Waals surface area contributed by atoms with E-state index in [0.717, 1.165) is 16.7 Å². The Bertz CT molecular complexity index is 1550. The summed E-state index contributed by atoms with van der Waals surface area (Å²) in [6.07, 6.45) is 0.0590. The highest BCUT2D eigenvalue weighted by molar-refractivity contribution is 6.42. The SMILES string of the molecule is CC(C)(Cc1cccc(CC(=O)NCc2ccc(Cl)c(Cl)c2)c1)NC[C@@H](O)c1ccc(O)c2[nH]c(=O)ccc12. The normalized spacial score (nSPS) is 12.4. The molecule has 1 amide bonds. The summed E-state index contributed by atoms with van der Waals surface area (Å²) in [5, 5.41) is 28.9. The Hall–Kier alpha value is -3.36. The average molecular weight is 569 g/mol. The number of aliphatic hydroxyl groups is 1. The van der Waals surface area contributed by atoms with Crippen LogP contribution in [0.4, 0.5) is 0 Å². The smallest absolute Gasteiger partial charge is 0.248 e. The van der Waals surface area contributed by atoms with Gasteiger partial charge in [0.2, 0.25) is 11.5 Å². The Kier molecular flexibility index (Phi) is 8.97. The zero-order valence-electron chi connectivity index (χ0n) is 21.7. The van der Waals surface area contributed by atoms with Gasteiger partial charge in [-0.1, -0.05) is 59.6 Å². The van der Waals surface area contributed by atoms with Crippen molar-refractivity contribution in [3.63, 3.8) is 0 Å². The van der Waals surface area contributed by atoms with E-state index in [1.165, 1.54) is 12.1 Å². The number of carbonyl (C=O) groups is 1. The molecule has 0 bridgehead atoms. The van der Waals surface area contributed by atoms with Crippen molar-refractivity contribution < 1.29 is 15.0 Å². The van der Waals surface area contributed by atoms with Gasteiger partial charge < -0.3 is 25.8 Å². The average Bonchev–Trinajstić information content (AvgIpc) is 2.88. The van der Waals surface area contributed by atoms with Crippen molar-refractivity contribution in [1.29, 1.82) is 0 Å². The standard InChI is InChI=1S/C30H31Cl2N3O4/c1-30(2,34-17-26(37)21-7-10-25(36)29-22(21)8-11-27(38)35-29)15-19-5-3-4-18(12-19)14-28(39)33-16-20-6-9-23(31)24(32)13-20/h3-13,26,34,36-37H,14-17H2,1-2H3,(H,33,39)(H,35,38)/t26-/m1/s1. The number of benzene rings is 3. The van der Waals surface area contributed by atoms with Crippen molar-refractivity contribution in [3.05, 3.63) is 109 Å². The van der Waals surface area contributed by atoms with Crippen LogP contribution < -0.4 is 16.2 Å². The molecule has 0 aliphatic rings. The van der Waals surface area contributed by atoms with E-state index in [1.807, 2.05) is 44.2 Å². The summed E-state index contributed by atoms with van der Waals surface area (Å²) in [6, 6.07) is 19.3. The third kappa shape index (κ3) is 7.61. The molecule has 0 aliphatic heterocycles. The molecule has 1 aromatic heterocycles. The quantitative estimate of drug-likeness (QED) is 0.184. The fourth-order valence-electron chi connectivity index (χ4n) is 4.55. The van der Waals surface area contributed by atoms with E-state index >= 15 is 0 Å². The zero-order valence-corrected chi connectivity index (χ0v) is 23.2. The summed E-state index contributed by atoms with van der Waals surface area (Å²) in [5.74, 6) is -0.143. The number of hydrogen-bond acceptors (Lipinski definition) is 5. The Labute approximate surface area is 236 Å². The maximum absolute atomic E-state index is 12.5. The topological polar surface area (TPSA) is 114 Å². The number of H-pyrrole nitrogens is 1. The van der Waals surface area contributed by atoms with E-state index in [1.54, 1.807) is 24.3 Å². The molecule has 0 saturated carbocycles. The lowest BCUT2D eigenvalue weighted by atomic mass is 9.92. The number of phenolic OH excluding ortho intramolecular Hbond substituents is 1. The van der Waals surface area contributed by atoms with E-state index in [0.29, 0.717) is 39.5 Å². The summed E-state index contributed by atoms with van der Waals surface area (Å²) in [7, 11) is 0. The van der Waals surface area contributed by atoms with E-state index in [9.17, 15) is 19.8 Å². The molecule has 0 saturated heterocycles. The molecule has 1 atom stereocenters. The fourth-order valence-corrected chi connectivity index (χ4v) is 4.87. The van der Waals surface area contributed by atoms with Gasteiger partial charge in [-0.15, -0.1) is 0 Å². The minimum Gasteiger partial charge on any atom is -0.506 e. The van der Waals surface area contributed by atoms with Gasteiger partial charge in [0.25, 0.3) is 0 Å². The van der Waals surface area contributed by atoms with Crippen LogP contribution in [0.15, 0.2) is 71.5 Å². The first-order chi connectivity index (χ1) is 18.5. The highest BCUT2D eigenvalue weighted by atomic mass is 35.5. The number of aromatic nitrogens is 1. The molecular formula is C30H31Cl2N3O4. The number of phenols is 1. The Morgan fingerprint density at radius 2 is 1.74 bits per heavy atom. The highest BCUT2D eigenvalue weighted by Gasteiger charge is 2.21. The third-order valence-corrected chi connectivity index (χ3v) is 7.25. The van der Waals surface area contributed by atoms with E-state index in [2.05, 4.69) is 15.6 Å². The first-order valence-electron chi connectivity index (χ1n) is 12.6. The largest absolute Gasteiger partial charge is 0.506 e. The molecule has 4 rings (SSSR count). The number of β-amino-alcohol motifs (C(OH)–C–C–N with tert-alkyl or cyclic N) is 1. The predicted octanol–water partition coefficient (Wildman–Crippen LogP) is 5.04. The van der Waals surface area contributed by atoms with Crippen LogP contribution in [0.1, 0.15) is 42.2 Å². The zero-order chi connectivity index (χ0) is 28.2. The Morgan fingerprint density at radius 1 is 0.974 bits per heavy atom. The molecular weight excluding hydrogens is 537 g/mol. The maximum atomic E-state index is 12.5. The molecule has 3 aromatic carbocycles. The second kappa shape index (κ2) is 12.2. The summed E-state index contributed by atoms with van der Waals surface area (Å²) < 4.78 is 0. The summed E-state index contributed by atoms with van der Waals surface area (Å²) in [6.45, 7) is 4.72. The van der Waals surface area contributed by atoms with Gasteiger partial charge in [0.05, 0.1) is 28.1 Å². The third-order valence-electron chi connectivity index (χ3n) is 6.52. The fraction of sp³-hybridized carbons (Fsp3) is 0.267. The number of aromatic hydroxyl groups is 1. The number of fused-ring (bicyclic) bond motifs is 1. The van der Waals surface area contributed by atoms with Gasteiger partial charge in [0.15, 0.2) is 0 Å². The first-order valence-corrected chi connectivity index (χ1v) is 13.3. The monoisotopic (exact) mass is 567 g/mol. The van der Waals surface area contributed by atoms with Crippen LogP contribution in [-0.2, 0) is 24.2 Å². The van der Waals surface area contributed by atoms with Gasteiger partial charge in [-0.25, -0.2) is 0 Å². The van der Waals surface area contributed by atoms with Crippen LogP contribution in [0, 0.1) is 0 Å². The van der Waals surface area contributed by atoms with Crippen molar-refractivity contribution in [2.24, 2.45) is 0 Å². The number of aliphatic hydroxyl groups excluding tert-OH is 1. The maximum Gasteiger partial charge on any atom is 0.248 e. The van der Waals surface area contributed by atoms with Gasteiger partial charge in [-0.05, 0) is 66.8 Å². The van der Waals surface area contributed by atoms with Gasteiger partial charge in [-0.2, -0.15) is 0 Å². The molecule has 4 aromatic rings. The molecule has 0 fully saturated rings. The summed E-state index contributed by atoms with van der Waals surface area (Å²) >= 11 is 12.0. The van der Waals surface area contributed by atoms with E-state index in [-0.39, 0.29) is 35.7 Å². The van der Waals surface area contributed by atoms with Crippen LogP contribution >= 0.6 is 23.2 Å². The molecule has 0 spiro atoms. The number of rotatable bonds is 10. The van der Waals surface area contributed by atoms with Gasteiger partial charge in [0, 0.05) is 30.1 Å². The number of halogens is 2. The van der Waals surface area contributed by atoms with Crippen molar-refractivity contribution in [1.82, 2.24) is 15.6 Å². The van der Waals surface area contributed by atoms with E-state index in [4.69, 9.17) is 23.2 Å². The van der Waals surface area contributed by atoms with Crippen LogP contribution in [0.5, 0.6) is 5.75 Å². The molecule has 0 unspecified atom stereocenters. The lowest BCUT2D eigenvalue weighted by molar-refractivity contribution is -0.120. The second-order valence-electron chi connectivity index (χ2n) is 10.3. The molecule has 9 heteroatoms. The minimum atomic E-state index is -0.858. The number of carbonyl (C=O) groups excluding carboxylic acids is 1. The summed E-state index contributed by atoms with van der Waals surface area (Å²) in [5.41, 5.74) is 3.05. The lowest BCUT2D eigenvalue weighted by Crippen LogP contribution is -2.43. The summed E-state index contributed by atoms with van der Waals surface area (Å²) in [4.78, 5) is 26.8.